The zero-order chi connectivity index (χ0) is 15.2. The van der Waals surface area contributed by atoms with Crippen molar-refractivity contribution in [3.8, 4) is 11.5 Å². The number of nitrogens with one attached hydrogen (secondary N) is 1. The highest BCUT2D eigenvalue weighted by Crippen LogP contribution is 2.29. The van der Waals surface area contributed by atoms with E-state index in [9.17, 15) is 0 Å². The van der Waals surface area contributed by atoms with E-state index in [1.54, 1.807) is 0 Å². The van der Waals surface area contributed by atoms with E-state index in [1.807, 2.05) is 0 Å². The number of ether oxygens (including phenoxy) is 1. The lowest BCUT2D eigenvalue weighted by Gasteiger charge is -2.13. The molecule has 0 saturated heterocycles. The summed E-state index contributed by atoms with van der Waals surface area (Å²) in [5, 5.41) is 3.43. The smallest absolute Gasteiger partial charge is 0.130 e. The molecule has 0 spiro atoms. The average Bonchev–Trinajstić information content (AvgIpc) is 2.46. The Labute approximate surface area is 128 Å². The molecular formula is C19H25NO. The van der Waals surface area contributed by atoms with Gasteiger partial charge in [-0.25, -0.2) is 0 Å². The first-order chi connectivity index (χ1) is 10.1. The molecule has 0 heterocycles. The number of benzene rings is 2. The minimum absolute atomic E-state index is 0.886. The third kappa shape index (κ3) is 4.33. The molecule has 0 aliphatic heterocycles. The fourth-order valence-electron chi connectivity index (χ4n) is 2.21. The third-order valence-electron chi connectivity index (χ3n) is 3.57. The summed E-state index contributed by atoms with van der Waals surface area (Å²) in [4.78, 5) is 0. The van der Waals surface area contributed by atoms with Crippen LogP contribution in [-0.4, -0.2) is 6.54 Å². The standard InChI is InChI=1S/C19H25NO/c1-5-10-20-13-17-9-8-16(4)19(12-17)21-18-11-14(2)6-7-15(18)3/h6-9,11-12,20H,5,10,13H2,1-4H3. The van der Waals surface area contributed by atoms with Crippen molar-refractivity contribution in [1.82, 2.24) is 5.32 Å². The van der Waals surface area contributed by atoms with Gasteiger partial charge in [0.25, 0.3) is 0 Å². The number of rotatable bonds is 6. The van der Waals surface area contributed by atoms with Crippen LogP contribution in [0, 0.1) is 20.8 Å². The molecule has 2 aromatic rings. The van der Waals surface area contributed by atoms with E-state index >= 15 is 0 Å². The van der Waals surface area contributed by atoms with E-state index in [0.717, 1.165) is 42.1 Å². The quantitative estimate of drug-likeness (QED) is 0.761. The maximum absolute atomic E-state index is 6.14. The molecule has 0 aromatic heterocycles. The van der Waals surface area contributed by atoms with Gasteiger partial charge in [-0.05, 0) is 68.1 Å². The highest BCUT2D eigenvalue weighted by Gasteiger charge is 2.06. The monoisotopic (exact) mass is 283 g/mol. The first-order valence-electron chi connectivity index (χ1n) is 7.65. The van der Waals surface area contributed by atoms with Crippen molar-refractivity contribution in [3.05, 3.63) is 58.7 Å². The average molecular weight is 283 g/mol. The third-order valence-corrected chi connectivity index (χ3v) is 3.57. The maximum atomic E-state index is 6.14. The van der Waals surface area contributed by atoms with Gasteiger partial charge in [-0.3, -0.25) is 0 Å². The number of hydrogen-bond donors (Lipinski definition) is 1. The second-order valence-corrected chi connectivity index (χ2v) is 5.65. The Kier molecular flexibility index (Phi) is 5.40. The van der Waals surface area contributed by atoms with Gasteiger partial charge in [0.2, 0.25) is 0 Å². The van der Waals surface area contributed by atoms with Crippen molar-refractivity contribution in [2.24, 2.45) is 0 Å². The molecule has 0 radical (unpaired) electrons. The minimum atomic E-state index is 0.886. The molecule has 2 nitrogen and oxygen atoms in total. The van der Waals surface area contributed by atoms with Gasteiger partial charge >= 0.3 is 0 Å². The van der Waals surface area contributed by atoms with Gasteiger partial charge < -0.3 is 10.1 Å². The first-order valence-corrected chi connectivity index (χ1v) is 7.65. The van der Waals surface area contributed by atoms with Gasteiger partial charge in [-0.15, -0.1) is 0 Å². The van der Waals surface area contributed by atoms with Crippen LogP contribution in [0.4, 0.5) is 0 Å². The van der Waals surface area contributed by atoms with Gasteiger partial charge in [-0.1, -0.05) is 31.2 Å². The summed E-state index contributed by atoms with van der Waals surface area (Å²) in [7, 11) is 0. The summed E-state index contributed by atoms with van der Waals surface area (Å²) in [5.74, 6) is 1.89. The number of hydrogen-bond acceptors (Lipinski definition) is 2. The van der Waals surface area contributed by atoms with Crippen molar-refractivity contribution >= 4 is 0 Å². The molecular weight excluding hydrogens is 258 g/mol. The molecule has 0 saturated carbocycles. The molecule has 0 aliphatic carbocycles. The molecule has 0 amide bonds. The normalized spacial score (nSPS) is 10.7. The van der Waals surface area contributed by atoms with E-state index in [0.29, 0.717) is 0 Å². The van der Waals surface area contributed by atoms with Crippen LogP contribution in [0.3, 0.4) is 0 Å². The Bertz CT molecular complexity index is 605. The fraction of sp³-hybridized carbons (Fsp3) is 0.368. The van der Waals surface area contributed by atoms with Crippen molar-refractivity contribution in [2.45, 2.75) is 40.7 Å². The van der Waals surface area contributed by atoms with Crippen LogP contribution >= 0.6 is 0 Å². The molecule has 0 bridgehead atoms. The van der Waals surface area contributed by atoms with E-state index in [4.69, 9.17) is 4.74 Å². The maximum Gasteiger partial charge on any atom is 0.130 e. The van der Waals surface area contributed by atoms with E-state index < -0.39 is 0 Å². The van der Waals surface area contributed by atoms with Crippen molar-refractivity contribution in [1.29, 1.82) is 0 Å². The zero-order valence-electron chi connectivity index (χ0n) is 13.5. The van der Waals surface area contributed by atoms with Gasteiger partial charge in [0, 0.05) is 6.54 Å². The van der Waals surface area contributed by atoms with Gasteiger partial charge in [0.05, 0.1) is 0 Å². The highest BCUT2D eigenvalue weighted by molar-refractivity contribution is 5.43. The molecule has 1 N–H and O–H groups in total. The Morgan fingerprint density at radius 3 is 2.29 bits per heavy atom. The molecule has 0 unspecified atom stereocenters. The van der Waals surface area contributed by atoms with Crippen LogP contribution in [0.2, 0.25) is 0 Å². The van der Waals surface area contributed by atoms with Crippen molar-refractivity contribution in [3.63, 3.8) is 0 Å². The van der Waals surface area contributed by atoms with Crippen LogP contribution in [0.25, 0.3) is 0 Å². The van der Waals surface area contributed by atoms with Crippen molar-refractivity contribution < 1.29 is 4.74 Å². The topological polar surface area (TPSA) is 21.3 Å². The van der Waals surface area contributed by atoms with E-state index in [-0.39, 0.29) is 0 Å². The van der Waals surface area contributed by atoms with Crippen LogP contribution in [0.15, 0.2) is 36.4 Å². The SMILES string of the molecule is CCCNCc1ccc(C)c(Oc2cc(C)ccc2C)c1. The Balaban J connectivity index is 2.18. The second-order valence-electron chi connectivity index (χ2n) is 5.65. The second kappa shape index (κ2) is 7.28. The Morgan fingerprint density at radius 1 is 0.905 bits per heavy atom. The molecule has 0 atom stereocenters. The van der Waals surface area contributed by atoms with Gasteiger partial charge in [0.1, 0.15) is 11.5 Å². The Morgan fingerprint density at radius 2 is 1.57 bits per heavy atom. The molecule has 112 valence electrons. The first kappa shape index (κ1) is 15.6. The van der Waals surface area contributed by atoms with E-state index in [2.05, 4.69) is 69.4 Å². The summed E-state index contributed by atoms with van der Waals surface area (Å²) in [6, 6.07) is 12.7. The summed E-state index contributed by atoms with van der Waals surface area (Å²) < 4.78 is 6.14. The molecule has 2 aromatic carbocycles. The summed E-state index contributed by atoms with van der Waals surface area (Å²) >= 11 is 0. The van der Waals surface area contributed by atoms with Crippen molar-refractivity contribution in [2.75, 3.05) is 6.54 Å². The molecule has 0 fully saturated rings. The van der Waals surface area contributed by atoms with E-state index in [1.165, 1.54) is 11.1 Å². The summed E-state index contributed by atoms with van der Waals surface area (Å²) in [5.41, 5.74) is 4.80. The van der Waals surface area contributed by atoms with Crippen LogP contribution in [0.5, 0.6) is 11.5 Å². The molecule has 21 heavy (non-hydrogen) atoms. The zero-order valence-corrected chi connectivity index (χ0v) is 13.5. The lowest BCUT2D eigenvalue weighted by atomic mass is 10.1. The minimum Gasteiger partial charge on any atom is -0.457 e. The lowest BCUT2D eigenvalue weighted by molar-refractivity contribution is 0.473. The lowest BCUT2D eigenvalue weighted by Crippen LogP contribution is -2.13. The molecule has 2 rings (SSSR count). The predicted molar refractivity (Wildman–Crippen MR) is 89.2 cm³/mol. The highest BCUT2D eigenvalue weighted by atomic mass is 16.5. The predicted octanol–water partition coefficient (Wildman–Crippen LogP) is 4.90. The largest absolute Gasteiger partial charge is 0.457 e. The van der Waals surface area contributed by atoms with Crippen LogP contribution < -0.4 is 10.1 Å². The summed E-state index contributed by atoms with van der Waals surface area (Å²) in [6.07, 6.45) is 1.15. The van der Waals surface area contributed by atoms with Crippen LogP contribution in [0.1, 0.15) is 35.6 Å². The summed E-state index contributed by atoms with van der Waals surface area (Å²) in [6.45, 7) is 10.4. The van der Waals surface area contributed by atoms with Gasteiger partial charge in [0.15, 0.2) is 0 Å². The fourth-order valence-corrected chi connectivity index (χ4v) is 2.21. The molecule has 2 heteroatoms. The van der Waals surface area contributed by atoms with Crippen LogP contribution in [-0.2, 0) is 6.54 Å². The Hall–Kier alpha value is -1.80. The number of aryl methyl sites for hydroxylation is 3. The van der Waals surface area contributed by atoms with Gasteiger partial charge in [-0.2, -0.15) is 0 Å². The molecule has 0 aliphatic rings.